The molecule has 0 spiro atoms. The summed E-state index contributed by atoms with van der Waals surface area (Å²) >= 11 is 0. The summed E-state index contributed by atoms with van der Waals surface area (Å²) in [5.74, 6) is 0. The van der Waals surface area contributed by atoms with E-state index in [1.807, 2.05) is 0 Å². The predicted octanol–water partition coefficient (Wildman–Crippen LogP) is 0.197. The van der Waals surface area contributed by atoms with Gasteiger partial charge < -0.3 is 14.2 Å². The van der Waals surface area contributed by atoms with Gasteiger partial charge in [-0.2, -0.15) is 0 Å². The number of ether oxygens (including phenoxy) is 3. The fraction of sp³-hybridized carbons (Fsp3) is 0.667. The second kappa shape index (κ2) is 3.92. The molecule has 0 bridgehead atoms. The van der Waals surface area contributed by atoms with Gasteiger partial charge in [0.2, 0.25) is 6.29 Å². The maximum Gasteiger partial charge on any atom is 0.510 e. The molecule has 5 nitrogen and oxygen atoms in total. The maximum absolute atomic E-state index is 10.3. The minimum Gasteiger partial charge on any atom is -0.428 e. The smallest absolute Gasteiger partial charge is 0.428 e. The molecule has 1 rings (SSSR count). The number of carbonyl (C=O) groups excluding carboxylic acids is 1. The Morgan fingerprint density at radius 3 is 3.27 bits per heavy atom. The average Bonchev–Trinajstić information content (AvgIpc) is 2.37. The van der Waals surface area contributed by atoms with Crippen molar-refractivity contribution in [3.63, 3.8) is 0 Å². The van der Waals surface area contributed by atoms with Crippen molar-refractivity contribution in [2.75, 3.05) is 20.3 Å². The van der Waals surface area contributed by atoms with Gasteiger partial charge >= 0.3 is 6.16 Å². The van der Waals surface area contributed by atoms with Crippen LogP contribution in [-0.2, 0) is 14.2 Å². The molecule has 1 aliphatic heterocycles. The Balaban J connectivity index is 2.13. The van der Waals surface area contributed by atoms with Crippen LogP contribution < -0.4 is 0 Å². The van der Waals surface area contributed by atoms with Crippen LogP contribution in [0.2, 0.25) is 0 Å². The van der Waals surface area contributed by atoms with Gasteiger partial charge in [-0.25, -0.2) is 4.79 Å². The van der Waals surface area contributed by atoms with Gasteiger partial charge in [0.1, 0.15) is 0 Å². The zero-order valence-electron chi connectivity index (χ0n) is 6.15. The molecule has 1 atom stereocenters. The first-order valence-electron chi connectivity index (χ1n) is 3.18. The average molecular weight is 159 g/mol. The summed E-state index contributed by atoms with van der Waals surface area (Å²) in [6, 6.07) is 0. The number of nitrogens with zero attached hydrogens (tertiary/aromatic N) is 1. The van der Waals surface area contributed by atoms with Gasteiger partial charge in [-0.1, -0.05) is 0 Å². The summed E-state index contributed by atoms with van der Waals surface area (Å²) in [6.07, 6.45) is 0.329. The molecule has 0 radical (unpaired) electrons. The lowest BCUT2D eigenvalue weighted by molar-refractivity contribution is -0.0611. The van der Waals surface area contributed by atoms with Crippen LogP contribution in [0.4, 0.5) is 4.79 Å². The minimum atomic E-state index is -0.677. The molecule has 1 saturated heterocycles. The Morgan fingerprint density at radius 2 is 2.73 bits per heavy atom. The van der Waals surface area contributed by atoms with Crippen molar-refractivity contribution in [2.45, 2.75) is 6.29 Å². The van der Waals surface area contributed by atoms with Crippen molar-refractivity contribution < 1.29 is 19.0 Å². The second-order valence-electron chi connectivity index (χ2n) is 1.88. The number of hydrogen-bond acceptors (Lipinski definition) is 5. The topological polar surface area (TPSA) is 57.1 Å². The number of aliphatic imine (C=N–C) groups is 1. The van der Waals surface area contributed by atoms with E-state index in [9.17, 15) is 4.79 Å². The maximum atomic E-state index is 10.3. The van der Waals surface area contributed by atoms with Crippen LogP contribution in [0.5, 0.6) is 0 Å². The monoisotopic (exact) mass is 159 g/mol. The summed E-state index contributed by atoms with van der Waals surface area (Å²) in [7, 11) is 1.64. The fourth-order valence-electron chi connectivity index (χ4n) is 0.618. The largest absolute Gasteiger partial charge is 0.510 e. The van der Waals surface area contributed by atoms with Crippen molar-refractivity contribution in [1.82, 2.24) is 0 Å². The van der Waals surface area contributed by atoms with E-state index in [1.54, 1.807) is 13.3 Å². The molecule has 5 heteroatoms. The van der Waals surface area contributed by atoms with Crippen LogP contribution in [0.25, 0.3) is 0 Å². The summed E-state index contributed by atoms with van der Waals surface area (Å²) in [6.45, 7) is 0.494. The minimum absolute atomic E-state index is 0.163. The Kier molecular flexibility index (Phi) is 2.85. The molecule has 1 heterocycles. The van der Waals surface area contributed by atoms with Gasteiger partial charge in [0.25, 0.3) is 0 Å². The van der Waals surface area contributed by atoms with E-state index >= 15 is 0 Å². The van der Waals surface area contributed by atoms with Crippen molar-refractivity contribution in [2.24, 2.45) is 4.99 Å². The van der Waals surface area contributed by atoms with E-state index in [0.29, 0.717) is 6.61 Å². The number of carbonyl (C=O) groups is 1. The summed E-state index contributed by atoms with van der Waals surface area (Å²) in [4.78, 5) is 14.0. The van der Waals surface area contributed by atoms with Crippen molar-refractivity contribution in [1.29, 1.82) is 0 Å². The Labute approximate surface area is 64.0 Å². The van der Waals surface area contributed by atoms with E-state index in [1.165, 1.54) is 0 Å². The highest BCUT2D eigenvalue weighted by atomic mass is 16.8. The van der Waals surface area contributed by atoms with Crippen LogP contribution >= 0.6 is 0 Å². The SMILES string of the molecule is C/N=C\COC1COC(=O)O1. The van der Waals surface area contributed by atoms with Crippen LogP contribution in [0.1, 0.15) is 0 Å². The normalized spacial score (nSPS) is 23.7. The molecular formula is C6H9NO4. The fourth-order valence-corrected chi connectivity index (χ4v) is 0.618. The van der Waals surface area contributed by atoms with Gasteiger partial charge in [-0.15, -0.1) is 0 Å². The van der Waals surface area contributed by atoms with E-state index in [2.05, 4.69) is 14.5 Å². The molecule has 1 fully saturated rings. The highest BCUT2D eigenvalue weighted by molar-refractivity contribution is 5.61. The van der Waals surface area contributed by atoms with E-state index < -0.39 is 12.4 Å². The predicted molar refractivity (Wildman–Crippen MR) is 36.6 cm³/mol. The third-order valence-corrected chi connectivity index (χ3v) is 1.10. The van der Waals surface area contributed by atoms with Crippen LogP contribution in [0, 0.1) is 0 Å². The number of cyclic esters (lactones) is 2. The molecule has 0 aromatic heterocycles. The zero-order valence-corrected chi connectivity index (χ0v) is 6.15. The Morgan fingerprint density at radius 1 is 1.91 bits per heavy atom. The lowest BCUT2D eigenvalue weighted by atomic mass is 10.7. The quantitative estimate of drug-likeness (QED) is 0.436. The number of rotatable bonds is 3. The van der Waals surface area contributed by atoms with E-state index in [0.717, 1.165) is 0 Å². The van der Waals surface area contributed by atoms with Crippen molar-refractivity contribution in [3.8, 4) is 0 Å². The van der Waals surface area contributed by atoms with Gasteiger partial charge in [0, 0.05) is 13.3 Å². The highest BCUT2D eigenvalue weighted by Gasteiger charge is 2.24. The third kappa shape index (κ3) is 2.55. The molecule has 0 saturated carbocycles. The van der Waals surface area contributed by atoms with Crippen molar-refractivity contribution >= 4 is 12.4 Å². The highest BCUT2D eigenvalue weighted by Crippen LogP contribution is 2.06. The van der Waals surface area contributed by atoms with Crippen LogP contribution in [-0.4, -0.2) is 38.9 Å². The second-order valence-corrected chi connectivity index (χ2v) is 1.88. The molecule has 0 N–H and O–H groups in total. The standard InChI is InChI=1S/C6H9NO4/c1-7-2-3-9-5-4-10-6(8)11-5/h2,5H,3-4H2,1H3/b7-2-. The first-order chi connectivity index (χ1) is 5.33. The summed E-state index contributed by atoms with van der Waals surface area (Å²) in [5, 5.41) is 0. The van der Waals surface area contributed by atoms with Gasteiger partial charge in [0.05, 0.1) is 6.61 Å². The first-order valence-corrected chi connectivity index (χ1v) is 3.18. The molecule has 0 amide bonds. The summed E-state index contributed by atoms with van der Waals surface area (Å²) < 4.78 is 14.0. The molecular weight excluding hydrogens is 150 g/mol. The Hall–Kier alpha value is -1.10. The van der Waals surface area contributed by atoms with Gasteiger partial charge in [-0.3, -0.25) is 4.99 Å². The van der Waals surface area contributed by atoms with Gasteiger partial charge in [-0.05, 0) is 0 Å². The number of hydrogen-bond donors (Lipinski definition) is 0. The zero-order chi connectivity index (χ0) is 8.10. The van der Waals surface area contributed by atoms with Crippen LogP contribution in [0.15, 0.2) is 4.99 Å². The van der Waals surface area contributed by atoms with Gasteiger partial charge in [0.15, 0.2) is 6.61 Å². The lowest BCUT2D eigenvalue weighted by Gasteiger charge is -2.03. The molecule has 0 aromatic carbocycles. The molecule has 1 unspecified atom stereocenters. The molecule has 0 aliphatic carbocycles. The molecule has 1 aliphatic rings. The Bertz CT molecular complexity index is 168. The summed E-state index contributed by atoms with van der Waals surface area (Å²) in [5.41, 5.74) is 0. The lowest BCUT2D eigenvalue weighted by Crippen LogP contribution is -2.15. The molecule has 0 aromatic rings. The molecule has 62 valence electrons. The van der Waals surface area contributed by atoms with Crippen molar-refractivity contribution in [3.05, 3.63) is 0 Å². The first kappa shape index (κ1) is 8.00. The van der Waals surface area contributed by atoms with E-state index in [-0.39, 0.29) is 6.61 Å². The van der Waals surface area contributed by atoms with Crippen LogP contribution in [0.3, 0.4) is 0 Å². The van der Waals surface area contributed by atoms with E-state index in [4.69, 9.17) is 4.74 Å². The third-order valence-electron chi connectivity index (χ3n) is 1.10. The molecule has 11 heavy (non-hydrogen) atoms.